The summed E-state index contributed by atoms with van der Waals surface area (Å²) < 4.78 is 5.28. The fraction of sp³-hybridized carbons (Fsp3) is 0.391. The van der Waals surface area contributed by atoms with E-state index in [1.807, 2.05) is 6.92 Å². The SMILES string of the molecule is CCCCn1c(O)c(Cc2ccc(Cl)cc2)c(=O)n2c3c(=O)n(CC)c(=O)n(CC)c3nc12. The minimum absolute atomic E-state index is 0.0425. The molecule has 0 saturated heterocycles. The van der Waals surface area contributed by atoms with Crippen LogP contribution in [0.5, 0.6) is 5.88 Å². The fourth-order valence-corrected chi connectivity index (χ4v) is 4.26. The number of aryl methyl sites for hydroxylation is 2. The molecule has 174 valence electrons. The second-order valence-corrected chi connectivity index (χ2v) is 8.35. The maximum Gasteiger partial charge on any atom is 0.332 e. The first-order valence-electron chi connectivity index (χ1n) is 11.1. The van der Waals surface area contributed by atoms with Gasteiger partial charge in [0.25, 0.3) is 11.1 Å². The lowest BCUT2D eigenvalue weighted by Crippen LogP contribution is -2.40. The van der Waals surface area contributed by atoms with Crippen LogP contribution in [0.3, 0.4) is 0 Å². The number of aromatic nitrogens is 5. The summed E-state index contributed by atoms with van der Waals surface area (Å²) in [4.78, 5) is 44.2. The summed E-state index contributed by atoms with van der Waals surface area (Å²) >= 11 is 5.98. The molecule has 1 aromatic carbocycles. The molecule has 3 aromatic heterocycles. The largest absolute Gasteiger partial charge is 0.494 e. The third kappa shape index (κ3) is 3.66. The van der Waals surface area contributed by atoms with E-state index in [4.69, 9.17) is 11.6 Å². The predicted octanol–water partition coefficient (Wildman–Crippen LogP) is 2.76. The Bertz CT molecular complexity index is 1530. The molecular formula is C23H26ClN5O4. The molecule has 4 rings (SSSR count). The average molecular weight is 472 g/mol. The molecule has 4 aromatic rings. The molecule has 0 aliphatic rings. The summed E-state index contributed by atoms with van der Waals surface area (Å²) in [5, 5.41) is 11.7. The van der Waals surface area contributed by atoms with Crippen LogP contribution < -0.4 is 16.8 Å². The zero-order chi connectivity index (χ0) is 23.9. The molecule has 0 aliphatic heterocycles. The highest BCUT2D eigenvalue weighted by molar-refractivity contribution is 6.30. The van der Waals surface area contributed by atoms with E-state index in [0.29, 0.717) is 11.6 Å². The van der Waals surface area contributed by atoms with Gasteiger partial charge in [-0.1, -0.05) is 37.1 Å². The van der Waals surface area contributed by atoms with Crippen LogP contribution in [-0.4, -0.2) is 28.2 Å². The minimum atomic E-state index is -0.572. The van der Waals surface area contributed by atoms with E-state index in [1.165, 1.54) is 8.97 Å². The average Bonchev–Trinajstić information content (AvgIpc) is 3.19. The highest BCUT2D eigenvalue weighted by atomic mass is 35.5. The van der Waals surface area contributed by atoms with E-state index in [1.54, 1.807) is 42.7 Å². The van der Waals surface area contributed by atoms with Crippen LogP contribution >= 0.6 is 11.6 Å². The van der Waals surface area contributed by atoms with Gasteiger partial charge < -0.3 is 5.11 Å². The van der Waals surface area contributed by atoms with Crippen LogP contribution in [0.25, 0.3) is 16.9 Å². The first-order chi connectivity index (χ1) is 15.8. The van der Waals surface area contributed by atoms with Gasteiger partial charge in [0.1, 0.15) is 0 Å². The van der Waals surface area contributed by atoms with Crippen LogP contribution in [0.15, 0.2) is 38.6 Å². The van der Waals surface area contributed by atoms with Crippen molar-refractivity contribution in [1.29, 1.82) is 0 Å². The Morgan fingerprint density at radius 2 is 1.61 bits per heavy atom. The Labute approximate surface area is 194 Å². The molecule has 10 heteroatoms. The molecule has 0 amide bonds. The number of benzene rings is 1. The number of fused-ring (bicyclic) bond motifs is 3. The molecule has 3 heterocycles. The molecule has 1 N–H and O–H groups in total. The summed E-state index contributed by atoms with van der Waals surface area (Å²) in [7, 11) is 0. The summed E-state index contributed by atoms with van der Waals surface area (Å²) in [6.45, 7) is 6.35. The second-order valence-electron chi connectivity index (χ2n) is 7.91. The molecule has 0 atom stereocenters. The molecular weight excluding hydrogens is 446 g/mol. The second kappa shape index (κ2) is 8.90. The van der Waals surface area contributed by atoms with Gasteiger partial charge in [0.15, 0.2) is 11.2 Å². The number of imidazole rings is 1. The molecule has 0 bridgehead atoms. The summed E-state index contributed by atoms with van der Waals surface area (Å²) in [5.74, 6) is -0.0409. The number of rotatable bonds is 7. The van der Waals surface area contributed by atoms with Gasteiger partial charge in [0.2, 0.25) is 11.7 Å². The van der Waals surface area contributed by atoms with Crippen molar-refractivity contribution in [2.75, 3.05) is 0 Å². The van der Waals surface area contributed by atoms with Crippen molar-refractivity contribution < 1.29 is 5.11 Å². The van der Waals surface area contributed by atoms with Crippen molar-refractivity contribution in [1.82, 2.24) is 23.1 Å². The van der Waals surface area contributed by atoms with Crippen molar-refractivity contribution in [3.63, 3.8) is 0 Å². The van der Waals surface area contributed by atoms with Gasteiger partial charge >= 0.3 is 5.69 Å². The summed E-state index contributed by atoms with van der Waals surface area (Å²) in [5.41, 5.74) is -0.459. The van der Waals surface area contributed by atoms with Crippen LogP contribution in [0.2, 0.25) is 5.02 Å². The highest BCUT2D eigenvalue weighted by Crippen LogP contribution is 2.23. The predicted molar refractivity (Wildman–Crippen MR) is 128 cm³/mol. The van der Waals surface area contributed by atoms with Crippen LogP contribution in [0.1, 0.15) is 44.7 Å². The van der Waals surface area contributed by atoms with Gasteiger partial charge in [0, 0.05) is 31.1 Å². The Kier molecular flexibility index (Phi) is 6.16. The van der Waals surface area contributed by atoms with Crippen LogP contribution in [0.4, 0.5) is 0 Å². The highest BCUT2D eigenvalue weighted by Gasteiger charge is 2.24. The number of hydrogen-bond acceptors (Lipinski definition) is 5. The number of nitrogens with zero attached hydrogens (tertiary/aromatic N) is 5. The first kappa shape index (κ1) is 22.8. The summed E-state index contributed by atoms with van der Waals surface area (Å²) in [6.07, 6.45) is 1.74. The van der Waals surface area contributed by atoms with Gasteiger partial charge in [-0.25, -0.2) is 9.20 Å². The van der Waals surface area contributed by atoms with Crippen LogP contribution in [0, 0.1) is 0 Å². The zero-order valence-corrected chi connectivity index (χ0v) is 19.6. The Balaban J connectivity index is 2.15. The van der Waals surface area contributed by atoms with E-state index in [2.05, 4.69) is 4.98 Å². The molecule has 0 spiro atoms. The Hall–Kier alpha value is -3.33. The lowest BCUT2D eigenvalue weighted by Gasteiger charge is -2.14. The summed E-state index contributed by atoms with van der Waals surface area (Å²) in [6, 6.07) is 7.00. The van der Waals surface area contributed by atoms with Crippen molar-refractivity contribution in [2.45, 2.75) is 59.7 Å². The number of aromatic hydroxyl groups is 1. The zero-order valence-electron chi connectivity index (χ0n) is 18.8. The smallest absolute Gasteiger partial charge is 0.332 e. The van der Waals surface area contributed by atoms with E-state index in [-0.39, 0.29) is 47.9 Å². The molecule has 0 unspecified atom stereocenters. The molecule has 0 aliphatic carbocycles. The quantitative estimate of drug-likeness (QED) is 0.446. The van der Waals surface area contributed by atoms with Crippen molar-refractivity contribution in [2.24, 2.45) is 0 Å². The first-order valence-corrected chi connectivity index (χ1v) is 11.5. The van der Waals surface area contributed by atoms with Gasteiger partial charge in [0.05, 0.1) is 5.56 Å². The number of hydrogen-bond donors (Lipinski definition) is 1. The molecule has 33 heavy (non-hydrogen) atoms. The van der Waals surface area contributed by atoms with Crippen molar-refractivity contribution in [3.05, 3.63) is 71.6 Å². The van der Waals surface area contributed by atoms with Gasteiger partial charge in [-0.05, 0) is 38.0 Å². The van der Waals surface area contributed by atoms with E-state index >= 15 is 0 Å². The lowest BCUT2D eigenvalue weighted by molar-refractivity contribution is 0.401. The normalized spacial score (nSPS) is 11.6. The fourth-order valence-electron chi connectivity index (χ4n) is 4.14. The van der Waals surface area contributed by atoms with Gasteiger partial charge in [-0.15, -0.1) is 0 Å². The third-order valence-electron chi connectivity index (χ3n) is 5.90. The molecule has 0 radical (unpaired) electrons. The van der Waals surface area contributed by atoms with E-state index in [0.717, 1.165) is 23.0 Å². The monoisotopic (exact) mass is 471 g/mol. The van der Waals surface area contributed by atoms with E-state index in [9.17, 15) is 19.5 Å². The molecule has 0 fully saturated rings. The maximum atomic E-state index is 13.6. The van der Waals surface area contributed by atoms with Gasteiger partial charge in [-0.3, -0.25) is 23.3 Å². The topological polar surface area (TPSA) is 104 Å². The van der Waals surface area contributed by atoms with Crippen molar-refractivity contribution in [3.8, 4) is 5.88 Å². The van der Waals surface area contributed by atoms with Crippen molar-refractivity contribution >= 4 is 28.5 Å². The number of unbranched alkanes of at least 4 members (excludes halogenated alkanes) is 1. The Morgan fingerprint density at radius 1 is 0.939 bits per heavy atom. The number of halogens is 1. The minimum Gasteiger partial charge on any atom is -0.494 e. The lowest BCUT2D eigenvalue weighted by atomic mass is 10.1. The maximum absolute atomic E-state index is 13.6. The standard InChI is InChI=1S/C23H26ClN5O4/c1-4-7-12-28-19(30)16(13-14-8-10-15(24)11-9-14)20(31)29-17-18(25-22(28)29)26(5-2)23(33)27(6-3)21(17)32/h8-11,30H,4-7,12-13H2,1-3H3. The van der Waals surface area contributed by atoms with Gasteiger partial charge in [-0.2, -0.15) is 4.98 Å². The van der Waals surface area contributed by atoms with Crippen LogP contribution in [-0.2, 0) is 26.1 Å². The van der Waals surface area contributed by atoms with E-state index < -0.39 is 16.8 Å². The molecule has 9 nitrogen and oxygen atoms in total. The third-order valence-corrected chi connectivity index (χ3v) is 6.15. The Morgan fingerprint density at radius 3 is 2.21 bits per heavy atom. The molecule has 0 saturated carbocycles.